The average molecular weight is 352 g/mol. The zero-order valence-corrected chi connectivity index (χ0v) is 12.0. The van der Waals surface area contributed by atoms with Crippen LogP contribution in [0.15, 0.2) is 21.1 Å². The number of halogens is 2. The van der Waals surface area contributed by atoms with Crippen molar-refractivity contribution in [2.45, 2.75) is 6.10 Å². The second kappa shape index (κ2) is 5.16. The Morgan fingerprint density at radius 2 is 1.81 bits per heavy atom. The molecule has 0 radical (unpaired) electrons. The first-order valence-electron chi connectivity index (χ1n) is 4.48. The maximum absolute atomic E-state index is 11.6. The summed E-state index contributed by atoms with van der Waals surface area (Å²) >= 11 is 6.52. The fourth-order valence-corrected chi connectivity index (χ4v) is 2.37. The van der Waals surface area contributed by atoms with Gasteiger partial charge in [0, 0.05) is 23.0 Å². The second-order valence-corrected chi connectivity index (χ2v) is 5.24. The number of nitrogen functional groups attached to an aromatic ring is 1. The van der Waals surface area contributed by atoms with Crippen LogP contribution in [0.5, 0.6) is 0 Å². The van der Waals surface area contributed by atoms with Crippen molar-refractivity contribution >= 4 is 43.5 Å². The van der Waals surface area contributed by atoms with Gasteiger partial charge in [0.1, 0.15) is 0 Å². The summed E-state index contributed by atoms with van der Waals surface area (Å²) in [6, 6.07) is 3.26. The molecule has 88 valence electrons. The number of carbonyl (C=O) groups is 1. The molecule has 0 aliphatic carbocycles. The zero-order valence-electron chi connectivity index (χ0n) is 8.87. The van der Waals surface area contributed by atoms with Gasteiger partial charge in [0.2, 0.25) is 0 Å². The molecule has 16 heavy (non-hydrogen) atoms. The van der Waals surface area contributed by atoms with Crippen LogP contribution in [-0.2, 0) is 4.79 Å². The van der Waals surface area contributed by atoms with Crippen molar-refractivity contribution in [3.63, 3.8) is 0 Å². The molecule has 0 saturated heterocycles. The number of aliphatic hydroxyl groups is 1. The summed E-state index contributed by atoms with van der Waals surface area (Å²) in [6.45, 7) is 0. The van der Waals surface area contributed by atoms with Crippen LogP contribution in [0.1, 0.15) is 11.7 Å². The van der Waals surface area contributed by atoms with Gasteiger partial charge in [0.25, 0.3) is 5.91 Å². The Hall–Kier alpha value is -0.590. The topological polar surface area (TPSA) is 66.6 Å². The molecule has 1 unspecified atom stereocenters. The molecule has 1 aromatic carbocycles. The summed E-state index contributed by atoms with van der Waals surface area (Å²) in [7, 11) is 3.18. The van der Waals surface area contributed by atoms with Gasteiger partial charge >= 0.3 is 0 Å². The van der Waals surface area contributed by atoms with Gasteiger partial charge in [-0.05, 0) is 49.6 Å². The number of rotatable bonds is 2. The summed E-state index contributed by atoms with van der Waals surface area (Å²) in [5.41, 5.74) is 6.74. The van der Waals surface area contributed by atoms with Crippen LogP contribution in [0.4, 0.5) is 5.69 Å². The van der Waals surface area contributed by atoms with Gasteiger partial charge in [-0.3, -0.25) is 4.79 Å². The van der Waals surface area contributed by atoms with Gasteiger partial charge < -0.3 is 15.7 Å². The van der Waals surface area contributed by atoms with E-state index in [0.717, 1.165) is 0 Å². The molecule has 4 nitrogen and oxygen atoms in total. The highest BCUT2D eigenvalue weighted by Gasteiger charge is 2.20. The van der Waals surface area contributed by atoms with E-state index in [4.69, 9.17) is 5.73 Å². The molecule has 0 fully saturated rings. The number of hydrogen-bond donors (Lipinski definition) is 2. The third kappa shape index (κ3) is 2.75. The van der Waals surface area contributed by atoms with Crippen LogP contribution in [0.25, 0.3) is 0 Å². The largest absolute Gasteiger partial charge is 0.397 e. The molecular formula is C10H12Br2N2O2. The molecule has 1 atom stereocenters. The van der Waals surface area contributed by atoms with Crippen molar-refractivity contribution in [1.82, 2.24) is 4.90 Å². The minimum atomic E-state index is -1.18. The third-order valence-corrected chi connectivity index (χ3v) is 3.40. The molecule has 1 amide bonds. The Morgan fingerprint density at radius 3 is 2.19 bits per heavy atom. The van der Waals surface area contributed by atoms with E-state index in [2.05, 4.69) is 31.9 Å². The van der Waals surface area contributed by atoms with Crippen molar-refractivity contribution in [3.05, 3.63) is 26.6 Å². The van der Waals surface area contributed by atoms with E-state index in [1.807, 2.05) is 0 Å². The van der Waals surface area contributed by atoms with E-state index in [1.165, 1.54) is 4.90 Å². The molecular weight excluding hydrogens is 340 g/mol. The van der Waals surface area contributed by atoms with Crippen molar-refractivity contribution in [2.24, 2.45) is 0 Å². The van der Waals surface area contributed by atoms with E-state index in [-0.39, 0.29) is 5.91 Å². The van der Waals surface area contributed by atoms with E-state index < -0.39 is 6.10 Å². The molecule has 0 aliphatic rings. The van der Waals surface area contributed by atoms with Gasteiger partial charge in [-0.15, -0.1) is 0 Å². The van der Waals surface area contributed by atoms with Crippen LogP contribution in [0.2, 0.25) is 0 Å². The highest BCUT2D eigenvalue weighted by molar-refractivity contribution is 9.11. The number of benzene rings is 1. The number of aliphatic hydroxyl groups excluding tert-OH is 1. The minimum Gasteiger partial charge on any atom is -0.397 e. The molecule has 0 heterocycles. The highest BCUT2D eigenvalue weighted by Crippen LogP contribution is 2.32. The lowest BCUT2D eigenvalue weighted by molar-refractivity contribution is -0.137. The van der Waals surface area contributed by atoms with Crippen molar-refractivity contribution < 1.29 is 9.90 Å². The van der Waals surface area contributed by atoms with Gasteiger partial charge in [-0.25, -0.2) is 0 Å². The lowest BCUT2D eigenvalue weighted by Gasteiger charge is -2.17. The summed E-state index contributed by atoms with van der Waals surface area (Å²) in [5.74, 6) is -0.372. The lowest BCUT2D eigenvalue weighted by Crippen LogP contribution is -2.28. The number of likely N-dealkylation sites (N-methyl/N-ethyl adjacent to an activating group) is 1. The Bertz CT molecular complexity index is 398. The van der Waals surface area contributed by atoms with E-state index in [0.29, 0.717) is 20.2 Å². The Kier molecular flexibility index (Phi) is 4.35. The van der Waals surface area contributed by atoms with E-state index in [9.17, 15) is 9.90 Å². The number of carbonyl (C=O) groups excluding carboxylic acids is 1. The Balaban J connectivity index is 3.10. The number of hydrogen-bond acceptors (Lipinski definition) is 3. The first-order chi connectivity index (χ1) is 7.34. The summed E-state index contributed by atoms with van der Waals surface area (Å²) in [5, 5.41) is 9.83. The monoisotopic (exact) mass is 350 g/mol. The van der Waals surface area contributed by atoms with Crippen LogP contribution in [0.3, 0.4) is 0 Å². The van der Waals surface area contributed by atoms with Crippen molar-refractivity contribution in [3.8, 4) is 0 Å². The highest BCUT2D eigenvalue weighted by atomic mass is 79.9. The fraction of sp³-hybridized carbons (Fsp3) is 0.300. The van der Waals surface area contributed by atoms with Crippen LogP contribution in [-0.4, -0.2) is 30.0 Å². The minimum absolute atomic E-state index is 0.372. The molecule has 0 aromatic heterocycles. The van der Waals surface area contributed by atoms with E-state index >= 15 is 0 Å². The standard InChI is InChI=1S/C10H12Br2N2O2/c1-14(2)10(16)9(15)5-3-6(11)8(13)7(12)4-5/h3-4,9,15H,13H2,1-2H3. The summed E-state index contributed by atoms with van der Waals surface area (Å²) in [4.78, 5) is 12.9. The number of amides is 1. The number of nitrogens with two attached hydrogens (primary N) is 1. The normalized spacial score (nSPS) is 12.3. The molecule has 3 N–H and O–H groups in total. The smallest absolute Gasteiger partial charge is 0.255 e. The van der Waals surface area contributed by atoms with E-state index in [1.54, 1.807) is 26.2 Å². The molecule has 0 spiro atoms. The molecule has 6 heteroatoms. The molecule has 0 saturated carbocycles. The number of anilines is 1. The predicted molar refractivity (Wildman–Crippen MR) is 69.9 cm³/mol. The Labute approximate surface area is 111 Å². The Morgan fingerprint density at radius 1 is 1.38 bits per heavy atom. The molecule has 0 bridgehead atoms. The zero-order chi connectivity index (χ0) is 12.5. The fourth-order valence-electron chi connectivity index (χ4n) is 1.15. The quantitative estimate of drug-likeness (QED) is 0.800. The maximum atomic E-state index is 11.6. The lowest BCUT2D eigenvalue weighted by atomic mass is 10.1. The van der Waals surface area contributed by atoms with Gasteiger partial charge in [-0.1, -0.05) is 0 Å². The van der Waals surface area contributed by atoms with Gasteiger partial charge in [-0.2, -0.15) is 0 Å². The summed E-state index contributed by atoms with van der Waals surface area (Å²) in [6.07, 6.45) is -1.18. The van der Waals surface area contributed by atoms with Crippen LogP contribution >= 0.6 is 31.9 Å². The van der Waals surface area contributed by atoms with Crippen LogP contribution < -0.4 is 5.73 Å². The second-order valence-electron chi connectivity index (χ2n) is 3.53. The average Bonchev–Trinajstić information content (AvgIpc) is 2.22. The number of nitrogens with zero attached hydrogens (tertiary/aromatic N) is 1. The first kappa shape index (κ1) is 13.5. The van der Waals surface area contributed by atoms with Crippen molar-refractivity contribution in [1.29, 1.82) is 0 Å². The van der Waals surface area contributed by atoms with Gasteiger partial charge in [0.15, 0.2) is 6.10 Å². The molecule has 0 aliphatic heterocycles. The first-order valence-corrected chi connectivity index (χ1v) is 6.07. The molecule has 1 aromatic rings. The SMILES string of the molecule is CN(C)C(=O)C(O)c1cc(Br)c(N)c(Br)c1. The molecule has 1 rings (SSSR count). The van der Waals surface area contributed by atoms with Gasteiger partial charge in [0.05, 0.1) is 5.69 Å². The van der Waals surface area contributed by atoms with Crippen LogP contribution in [0, 0.1) is 0 Å². The predicted octanol–water partition coefficient (Wildman–Crippen LogP) is 1.92. The maximum Gasteiger partial charge on any atom is 0.255 e. The van der Waals surface area contributed by atoms with Crippen molar-refractivity contribution in [2.75, 3.05) is 19.8 Å². The third-order valence-electron chi connectivity index (χ3n) is 2.09. The summed E-state index contributed by atoms with van der Waals surface area (Å²) < 4.78 is 1.28.